The molecule has 2 saturated carbocycles. The van der Waals surface area contributed by atoms with Crippen LogP contribution in [0.4, 0.5) is 0 Å². The Kier molecular flexibility index (Phi) is 5.37. The number of aromatic amines is 1. The Balaban J connectivity index is 1.33. The highest BCUT2D eigenvalue weighted by Gasteiger charge is 2.39. The monoisotopic (exact) mass is 412 g/mol. The van der Waals surface area contributed by atoms with Crippen molar-refractivity contribution in [3.8, 4) is 0 Å². The molecule has 30 heavy (non-hydrogen) atoms. The van der Waals surface area contributed by atoms with Crippen molar-refractivity contribution in [2.45, 2.75) is 83.2 Å². The van der Waals surface area contributed by atoms with Crippen LogP contribution in [0.3, 0.4) is 0 Å². The SMILES string of the molecule is O=C(CC1CCCC1)N1CCc2nc([C@H]3CCCCN3C(=O)C3CC3)[nH]c(=O)c2C1. The second-order valence-electron chi connectivity index (χ2n) is 9.61. The van der Waals surface area contributed by atoms with Crippen molar-refractivity contribution in [1.29, 1.82) is 0 Å². The van der Waals surface area contributed by atoms with Crippen LogP contribution < -0.4 is 5.56 Å². The third-order valence-electron chi connectivity index (χ3n) is 7.41. The standard InChI is InChI=1S/C23H32N4O3/c28-20(13-15-5-1-2-6-15)26-12-10-18-17(14-26)22(29)25-21(24-18)19-7-3-4-11-27(19)23(30)16-8-9-16/h15-16,19H,1-14H2,(H,24,25,29)/t19-/m1/s1. The molecule has 2 amide bonds. The van der Waals surface area contributed by atoms with Crippen LogP contribution in [-0.2, 0) is 22.6 Å². The first-order chi connectivity index (χ1) is 14.6. The van der Waals surface area contributed by atoms with Crippen molar-refractivity contribution in [3.05, 3.63) is 27.4 Å². The normalized spacial score (nSPS) is 24.7. The van der Waals surface area contributed by atoms with E-state index in [0.717, 1.165) is 57.2 Å². The summed E-state index contributed by atoms with van der Waals surface area (Å²) in [5.74, 6) is 1.72. The Morgan fingerprint density at radius 2 is 1.77 bits per heavy atom. The highest BCUT2D eigenvalue weighted by molar-refractivity contribution is 5.81. The van der Waals surface area contributed by atoms with Gasteiger partial charge in [-0.15, -0.1) is 0 Å². The van der Waals surface area contributed by atoms with Gasteiger partial charge in [0.05, 0.1) is 23.8 Å². The van der Waals surface area contributed by atoms with E-state index < -0.39 is 0 Å². The van der Waals surface area contributed by atoms with Gasteiger partial charge in [-0.05, 0) is 50.9 Å². The fourth-order valence-corrected chi connectivity index (χ4v) is 5.45. The largest absolute Gasteiger partial charge is 0.338 e. The molecule has 2 aliphatic carbocycles. The summed E-state index contributed by atoms with van der Waals surface area (Å²) in [5.41, 5.74) is 1.29. The number of amides is 2. The van der Waals surface area contributed by atoms with Crippen molar-refractivity contribution in [2.24, 2.45) is 11.8 Å². The number of piperidine rings is 1. The van der Waals surface area contributed by atoms with Gasteiger partial charge in [-0.1, -0.05) is 12.8 Å². The van der Waals surface area contributed by atoms with Crippen LogP contribution in [0.2, 0.25) is 0 Å². The van der Waals surface area contributed by atoms with Gasteiger partial charge in [-0.2, -0.15) is 0 Å². The molecule has 1 saturated heterocycles. The first-order valence-electron chi connectivity index (χ1n) is 11.8. The predicted molar refractivity (Wildman–Crippen MR) is 112 cm³/mol. The Bertz CT molecular complexity index is 885. The van der Waals surface area contributed by atoms with E-state index in [2.05, 4.69) is 4.98 Å². The zero-order valence-electron chi connectivity index (χ0n) is 17.7. The summed E-state index contributed by atoms with van der Waals surface area (Å²) in [6, 6.07) is -0.119. The number of hydrogen-bond donors (Lipinski definition) is 1. The number of nitrogens with zero attached hydrogens (tertiary/aromatic N) is 3. The van der Waals surface area contributed by atoms with Gasteiger partial charge in [0.25, 0.3) is 5.56 Å². The number of H-pyrrole nitrogens is 1. The molecule has 4 aliphatic rings. The number of carbonyl (C=O) groups is 2. The molecule has 0 radical (unpaired) electrons. The summed E-state index contributed by atoms with van der Waals surface area (Å²) in [6.45, 7) is 1.74. The molecule has 7 heteroatoms. The van der Waals surface area contributed by atoms with Crippen molar-refractivity contribution in [1.82, 2.24) is 19.8 Å². The summed E-state index contributed by atoms with van der Waals surface area (Å²) in [6.07, 6.45) is 10.9. The highest BCUT2D eigenvalue weighted by Crippen LogP contribution is 2.37. The summed E-state index contributed by atoms with van der Waals surface area (Å²) < 4.78 is 0. The number of hydrogen-bond acceptors (Lipinski definition) is 4. The number of carbonyl (C=O) groups excluding carboxylic acids is 2. The first-order valence-corrected chi connectivity index (χ1v) is 11.8. The van der Waals surface area contributed by atoms with Gasteiger partial charge in [-0.3, -0.25) is 14.4 Å². The molecule has 3 heterocycles. The fraction of sp³-hybridized carbons (Fsp3) is 0.739. The van der Waals surface area contributed by atoms with Gasteiger partial charge < -0.3 is 14.8 Å². The minimum Gasteiger partial charge on any atom is -0.338 e. The molecule has 1 aromatic heterocycles. The minimum absolute atomic E-state index is 0.119. The Hall–Kier alpha value is -2.18. The highest BCUT2D eigenvalue weighted by atomic mass is 16.2. The lowest BCUT2D eigenvalue weighted by atomic mass is 9.99. The minimum atomic E-state index is -0.141. The molecular formula is C23H32N4O3. The molecule has 0 spiro atoms. The molecule has 1 aromatic rings. The van der Waals surface area contributed by atoms with Gasteiger partial charge in [0.2, 0.25) is 11.8 Å². The van der Waals surface area contributed by atoms with Gasteiger partial charge in [0.1, 0.15) is 5.82 Å². The van der Waals surface area contributed by atoms with Crippen LogP contribution in [0.15, 0.2) is 4.79 Å². The number of fused-ring (bicyclic) bond motifs is 1. The average Bonchev–Trinajstić information content (AvgIpc) is 3.50. The van der Waals surface area contributed by atoms with Crippen molar-refractivity contribution < 1.29 is 9.59 Å². The second-order valence-corrected chi connectivity index (χ2v) is 9.61. The maximum Gasteiger partial charge on any atom is 0.256 e. The number of aromatic nitrogens is 2. The number of nitrogens with one attached hydrogen (secondary N) is 1. The van der Waals surface area contributed by atoms with Crippen LogP contribution in [0.25, 0.3) is 0 Å². The van der Waals surface area contributed by atoms with Crippen molar-refractivity contribution in [3.63, 3.8) is 0 Å². The smallest absolute Gasteiger partial charge is 0.256 e. The number of rotatable bonds is 4. The molecule has 1 N–H and O–H groups in total. The predicted octanol–water partition coefficient (Wildman–Crippen LogP) is 2.70. The molecule has 7 nitrogen and oxygen atoms in total. The number of likely N-dealkylation sites (tertiary alicyclic amines) is 1. The Labute approximate surface area is 177 Å². The molecule has 0 aromatic carbocycles. The maximum absolute atomic E-state index is 12.9. The van der Waals surface area contributed by atoms with Crippen LogP contribution in [0.5, 0.6) is 0 Å². The summed E-state index contributed by atoms with van der Waals surface area (Å²) in [5, 5.41) is 0. The second kappa shape index (κ2) is 8.16. The molecule has 5 rings (SSSR count). The fourth-order valence-electron chi connectivity index (χ4n) is 5.45. The molecule has 1 atom stereocenters. The van der Waals surface area contributed by atoms with E-state index in [4.69, 9.17) is 4.98 Å². The lowest BCUT2D eigenvalue weighted by molar-refractivity contribution is -0.136. The zero-order valence-corrected chi connectivity index (χ0v) is 17.7. The lowest BCUT2D eigenvalue weighted by Crippen LogP contribution is -2.43. The van der Waals surface area contributed by atoms with E-state index >= 15 is 0 Å². The van der Waals surface area contributed by atoms with E-state index in [1.54, 1.807) is 0 Å². The van der Waals surface area contributed by atoms with Gasteiger partial charge >= 0.3 is 0 Å². The molecule has 2 aliphatic heterocycles. The summed E-state index contributed by atoms with van der Waals surface area (Å²) in [7, 11) is 0. The summed E-state index contributed by atoms with van der Waals surface area (Å²) in [4.78, 5) is 50.0. The van der Waals surface area contributed by atoms with Gasteiger partial charge in [-0.25, -0.2) is 4.98 Å². The van der Waals surface area contributed by atoms with E-state index in [9.17, 15) is 14.4 Å². The van der Waals surface area contributed by atoms with Crippen molar-refractivity contribution >= 4 is 11.8 Å². The van der Waals surface area contributed by atoms with E-state index in [1.165, 1.54) is 12.8 Å². The molecular weight excluding hydrogens is 380 g/mol. The molecule has 3 fully saturated rings. The molecule has 0 bridgehead atoms. The zero-order chi connectivity index (χ0) is 20.7. The lowest BCUT2D eigenvalue weighted by Gasteiger charge is -2.36. The average molecular weight is 413 g/mol. The summed E-state index contributed by atoms with van der Waals surface area (Å²) >= 11 is 0. The van der Waals surface area contributed by atoms with Crippen molar-refractivity contribution in [2.75, 3.05) is 13.1 Å². The van der Waals surface area contributed by atoms with E-state index in [-0.39, 0.29) is 29.3 Å². The van der Waals surface area contributed by atoms with Crippen LogP contribution >= 0.6 is 0 Å². The Morgan fingerprint density at radius 3 is 2.53 bits per heavy atom. The van der Waals surface area contributed by atoms with Crippen LogP contribution in [0, 0.1) is 11.8 Å². The van der Waals surface area contributed by atoms with Crippen LogP contribution in [-0.4, -0.2) is 44.7 Å². The topological polar surface area (TPSA) is 86.4 Å². The van der Waals surface area contributed by atoms with Gasteiger partial charge in [0, 0.05) is 31.8 Å². The third kappa shape index (κ3) is 3.91. The van der Waals surface area contributed by atoms with Gasteiger partial charge in [0.15, 0.2) is 0 Å². The Morgan fingerprint density at radius 1 is 1.00 bits per heavy atom. The maximum atomic E-state index is 12.9. The van der Waals surface area contributed by atoms with E-state index in [1.807, 2.05) is 9.80 Å². The molecule has 0 unspecified atom stereocenters. The molecule has 162 valence electrons. The third-order valence-corrected chi connectivity index (χ3v) is 7.41. The quantitative estimate of drug-likeness (QED) is 0.824. The first kappa shape index (κ1) is 19.8. The van der Waals surface area contributed by atoms with Crippen LogP contribution in [0.1, 0.15) is 87.3 Å². The van der Waals surface area contributed by atoms with E-state index in [0.29, 0.717) is 43.2 Å².